The van der Waals surface area contributed by atoms with E-state index < -0.39 is 0 Å². The summed E-state index contributed by atoms with van der Waals surface area (Å²) >= 11 is 0. The maximum absolute atomic E-state index is 5.79. The number of rotatable bonds is 6. The standard InChI is InChI=1S/C14H19N3O3/c1-9(15-3)12-6-5-11(18-4)7-13(12)19-8-14-17-16-10(2)20-14/h5-7,9,15H,8H2,1-4H3. The van der Waals surface area contributed by atoms with E-state index in [9.17, 15) is 0 Å². The zero-order valence-electron chi connectivity index (χ0n) is 12.1. The van der Waals surface area contributed by atoms with Crippen LogP contribution < -0.4 is 14.8 Å². The highest BCUT2D eigenvalue weighted by Crippen LogP contribution is 2.30. The van der Waals surface area contributed by atoms with Crippen LogP contribution in [0.5, 0.6) is 11.5 Å². The first-order chi connectivity index (χ1) is 9.63. The molecule has 2 rings (SSSR count). The molecule has 0 spiro atoms. The van der Waals surface area contributed by atoms with Crippen molar-refractivity contribution < 1.29 is 13.9 Å². The predicted molar refractivity (Wildman–Crippen MR) is 73.8 cm³/mol. The molecule has 6 heteroatoms. The van der Waals surface area contributed by atoms with Crippen LogP contribution in [0, 0.1) is 6.92 Å². The highest BCUT2D eigenvalue weighted by molar-refractivity contribution is 5.42. The van der Waals surface area contributed by atoms with Gasteiger partial charge in [0.1, 0.15) is 11.5 Å². The van der Waals surface area contributed by atoms with Crippen molar-refractivity contribution in [2.24, 2.45) is 0 Å². The van der Waals surface area contributed by atoms with Gasteiger partial charge in [0.2, 0.25) is 5.89 Å². The van der Waals surface area contributed by atoms with Crippen molar-refractivity contribution in [3.05, 3.63) is 35.5 Å². The average molecular weight is 277 g/mol. The molecule has 1 atom stereocenters. The van der Waals surface area contributed by atoms with Gasteiger partial charge in [-0.25, -0.2) is 0 Å². The molecule has 0 aliphatic heterocycles. The van der Waals surface area contributed by atoms with Crippen molar-refractivity contribution in [1.29, 1.82) is 0 Å². The summed E-state index contributed by atoms with van der Waals surface area (Å²) in [5.74, 6) is 2.46. The van der Waals surface area contributed by atoms with Crippen molar-refractivity contribution in [2.75, 3.05) is 14.2 Å². The number of aromatic nitrogens is 2. The van der Waals surface area contributed by atoms with Gasteiger partial charge in [0.25, 0.3) is 5.89 Å². The fourth-order valence-electron chi connectivity index (χ4n) is 1.82. The Morgan fingerprint density at radius 1 is 1.35 bits per heavy atom. The smallest absolute Gasteiger partial charge is 0.253 e. The first-order valence-electron chi connectivity index (χ1n) is 6.41. The Balaban J connectivity index is 2.18. The number of aryl methyl sites for hydroxylation is 1. The summed E-state index contributed by atoms with van der Waals surface area (Å²) in [6.45, 7) is 4.04. The van der Waals surface area contributed by atoms with E-state index in [0.717, 1.165) is 17.1 Å². The maximum atomic E-state index is 5.79. The molecule has 6 nitrogen and oxygen atoms in total. The zero-order chi connectivity index (χ0) is 14.5. The molecule has 0 fully saturated rings. The maximum Gasteiger partial charge on any atom is 0.253 e. The second-order valence-electron chi connectivity index (χ2n) is 4.42. The Labute approximate surface area is 118 Å². The lowest BCUT2D eigenvalue weighted by Gasteiger charge is -2.16. The van der Waals surface area contributed by atoms with E-state index in [4.69, 9.17) is 13.9 Å². The van der Waals surface area contributed by atoms with E-state index in [0.29, 0.717) is 11.8 Å². The number of ether oxygens (including phenoxy) is 2. The van der Waals surface area contributed by atoms with Crippen LogP contribution in [0.25, 0.3) is 0 Å². The van der Waals surface area contributed by atoms with Gasteiger partial charge in [-0.15, -0.1) is 10.2 Å². The largest absolute Gasteiger partial charge is 0.497 e. The fraction of sp³-hybridized carbons (Fsp3) is 0.429. The first-order valence-corrected chi connectivity index (χ1v) is 6.41. The van der Waals surface area contributed by atoms with Gasteiger partial charge < -0.3 is 19.2 Å². The van der Waals surface area contributed by atoms with Gasteiger partial charge in [-0.2, -0.15) is 0 Å². The molecule has 1 aromatic heterocycles. The third kappa shape index (κ3) is 3.27. The van der Waals surface area contributed by atoms with Crippen LogP contribution in [-0.2, 0) is 6.61 Å². The van der Waals surface area contributed by atoms with E-state index in [1.165, 1.54) is 0 Å². The molecule has 0 saturated heterocycles. The summed E-state index contributed by atoms with van der Waals surface area (Å²) in [4.78, 5) is 0. The summed E-state index contributed by atoms with van der Waals surface area (Å²) < 4.78 is 16.3. The van der Waals surface area contributed by atoms with Gasteiger partial charge in [-0.05, 0) is 20.0 Å². The number of benzene rings is 1. The lowest BCUT2D eigenvalue weighted by Crippen LogP contribution is -2.14. The molecule has 1 aromatic carbocycles. The fourth-order valence-corrected chi connectivity index (χ4v) is 1.82. The summed E-state index contributed by atoms with van der Waals surface area (Å²) in [5, 5.41) is 10.9. The molecule has 0 amide bonds. The van der Waals surface area contributed by atoms with Crippen LogP contribution in [0.1, 0.15) is 30.3 Å². The molecule has 0 saturated carbocycles. The topological polar surface area (TPSA) is 69.4 Å². The van der Waals surface area contributed by atoms with Crippen molar-refractivity contribution in [3.8, 4) is 11.5 Å². The molecule has 20 heavy (non-hydrogen) atoms. The van der Waals surface area contributed by atoms with Crippen LogP contribution in [0.3, 0.4) is 0 Å². The monoisotopic (exact) mass is 277 g/mol. The average Bonchev–Trinajstić information content (AvgIpc) is 2.89. The van der Waals surface area contributed by atoms with Gasteiger partial charge in [0.05, 0.1) is 7.11 Å². The molecule has 0 radical (unpaired) electrons. The van der Waals surface area contributed by atoms with Crippen LogP contribution in [0.15, 0.2) is 22.6 Å². The molecule has 0 aliphatic rings. The number of nitrogens with zero attached hydrogens (tertiary/aromatic N) is 2. The predicted octanol–water partition coefficient (Wildman–Crippen LogP) is 2.25. The Hall–Kier alpha value is -2.08. The van der Waals surface area contributed by atoms with Crippen LogP contribution in [0.2, 0.25) is 0 Å². The minimum atomic E-state index is 0.167. The zero-order valence-corrected chi connectivity index (χ0v) is 12.1. The summed E-state index contributed by atoms with van der Waals surface area (Å²) in [5.41, 5.74) is 1.05. The lowest BCUT2D eigenvalue weighted by atomic mass is 10.1. The van der Waals surface area contributed by atoms with Crippen molar-refractivity contribution >= 4 is 0 Å². The minimum Gasteiger partial charge on any atom is -0.497 e. The second kappa shape index (κ2) is 6.38. The summed E-state index contributed by atoms with van der Waals surface area (Å²) in [6, 6.07) is 5.91. The lowest BCUT2D eigenvalue weighted by molar-refractivity contribution is 0.255. The molecule has 1 heterocycles. The molecule has 1 unspecified atom stereocenters. The van der Waals surface area contributed by atoms with Crippen LogP contribution in [0.4, 0.5) is 0 Å². The Bertz CT molecular complexity index is 569. The first kappa shape index (κ1) is 14.3. The number of nitrogens with one attached hydrogen (secondary N) is 1. The molecular formula is C14H19N3O3. The molecule has 2 aromatic rings. The van der Waals surface area contributed by atoms with E-state index in [-0.39, 0.29) is 12.6 Å². The number of hydrogen-bond donors (Lipinski definition) is 1. The minimum absolute atomic E-state index is 0.167. The Morgan fingerprint density at radius 2 is 2.15 bits per heavy atom. The highest BCUT2D eigenvalue weighted by atomic mass is 16.5. The number of hydrogen-bond acceptors (Lipinski definition) is 6. The van der Waals surface area contributed by atoms with E-state index in [1.807, 2.05) is 25.2 Å². The second-order valence-corrected chi connectivity index (χ2v) is 4.42. The third-order valence-corrected chi connectivity index (χ3v) is 3.04. The molecule has 1 N–H and O–H groups in total. The Morgan fingerprint density at radius 3 is 2.75 bits per heavy atom. The van der Waals surface area contributed by atoms with E-state index in [2.05, 4.69) is 22.4 Å². The normalized spacial score (nSPS) is 12.2. The van der Waals surface area contributed by atoms with Crippen LogP contribution in [-0.4, -0.2) is 24.4 Å². The number of methoxy groups -OCH3 is 1. The molecule has 0 aliphatic carbocycles. The molecule has 108 valence electrons. The van der Waals surface area contributed by atoms with Gasteiger partial charge in [0.15, 0.2) is 6.61 Å². The third-order valence-electron chi connectivity index (χ3n) is 3.04. The summed E-state index contributed by atoms with van der Waals surface area (Å²) in [7, 11) is 3.53. The van der Waals surface area contributed by atoms with Gasteiger partial charge in [0, 0.05) is 24.6 Å². The highest BCUT2D eigenvalue weighted by Gasteiger charge is 2.13. The van der Waals surface area contributed by atoms with Gasteiger partial charge in [-0.1, -0.05) is 6.07 Å². The van der Waals surface area contributed by atoms with Crippen molar-refractivity contribution in [2.45, 2.75) is 26.5 Å². The molecule has 0 bridgehead atoms. The Kier molecular flexibility index (Phi) is 4.57. The van der Waals surface area contributed by atoms with Gasteiger partial charge in [-0.3, -0.25) is 0 Å². The van der Waals surface area contributed by atoms with Crippen molar-refractivity contribution in [3.63, 3.8) is 0 Å². The van der Waals surface area contributed by atoms with Crippen molar-refractivity contribution in [1.82, 2.24) is 15.5 Å². The van der Waals surface area contributed by atoms with E-state index in [1.54, 1.807) is 14.0 Å². The SMILES string of the molecule is CNC(C)c1ccc(OC)cc1OCc1nnc(C)o1. The summed E-state index contributed by atoms with van der Waals surface area (Å²) in [6.07, 6.45) is 0. The van der Waals surface area contributed by atoms with E-state index >= 15 is 0 Å². The quantitative estimate of drug-likeness (QED) is 0.873. The molecular weight excluding hydrogens is 258 g/mol. The van der Waals surface area contributed by atoms with Crippen LogP contribution >= 0.6 is 0 Å². The van der Waals surface area contributed by atoms with Gasteiger partial charge >= 0.3 is 0 Å².